The van der Waals surface area contributed by atoms with E-state index in [2.05, 4.69) is 39.9 Å². The molecule has 1 aliphatic rings. The highest BCUT2D eigenvalue weighted by Crippen LogP contribution is 2.35. The number of rotatable bonds is 6. The minimum Gasteiger partial charge on any atom is -0.316 e. The van der Waals surface area contributed by atoms with E-state index in [9.17, 15) is 0 Å². The molecule has 1 fully saturated rings. The van der Waals surface area contributed by atoms with Gasteiger partial charge in [0.15, 0.2) is 0 Å². The van der Waals surface area contributed by atoms with Crippen LogP contribution in [0.1, 0.15) is 74.6 Å². The van der Waals surface area contributed by atoms with Crippen molar-refractivity contribution < 1.29 is 0 Å². The molecule has 2 rings (SSSR count). The zero-order valence-electron chi connectivity index (χ0n) is 13.7. The van der Waals surface area contributed by atoms with Crippen molar-refractivity contribution in [3.05, 3.63) is 22.8 Å². The summed E-state index contributed by atoms with van der Waals surface area (Å²) < 4.78 is 0. The van der Waals surface area contributed by atoms with E-state index in [1.54, 1.807) is 0 Å². The molecule has 20 heavy (non-hydrogen) atoms. The maximum Gasteiger partial charge on any atom is 0.131 e. The van der Waals surface area contributed by atoms with Crippen molar-refractivity contribution in [2.45, 2.75) is 65.7 Å². The van der Waals surface area contributed by atoms with Gasteiger partial charge in [-0.15, -0.1) is 0 Å². The molecule has 1 saturated carbocycles. The van der Waals surface area contributed by atoms with Crippen LogP contribution in [-0.4, -0.2) is 23.1 Å². The molecule has 0 bridgehead atoms. The number of aromatic nitrogens is 2. The summed E-state index contributed by atoms with van der Waals surface area (Å²) in [6, 6.07) is 0. The molecular weight excluding hydrogens is 246 g/mol. The van der Waals surface area contributed by atoms with E-state index in [4.69, 9.17) is 9.97 Å². The Bertz CT molecular complexity index is 427. The molecule has 3 heteroatoms. The minimum absolute atomic E-state index is 0.476. The summed E-state index contributed by atoms with van der Waals surface area (Å²) in [5.74, 6) is 2.87. The summed E-state index contributed by atoms with van der Waals surface area (Å²) in [7, 11) is 0. The van der Waals surface area contributed by atoms with Gasteiger partial charge in [-0.3, -0.25) is 0 Å². The number of hydrogen-bond donors (Lipinski definition) is 1. The van der Waals surface area contributed by atoms with Crippen LogP contribution in [0.3, 0.4) is 0 Å². The van der Waals surface area contributed by atoms with Crippen molar-refractivity contribution in [1.82, 2.24) is 15.3 Å². The monoisotopic (exact) mass is 275 g/mol. The van der Waals surface area contributed by atoms with E-state index in [1.165, 1.54) is 36.2 Å². The largest absolute Gasteiger partial charge is 0.316 e. The van der Waals surface area contributed by atoms with E-state index in [0.29, 0.717) is 17.8 Å². The van der Waals surface area contributed by atoms with Crippen molar-refractivity contribution in [2.75, 3.05) is 13.1 Å². The molecule has 0 amide bonds. The van der Waals surface area contributed by atoms with Crippen molar-refractivity contribution in [3.63, 3.8) is 0 Å². The Hall–Kier alpha value is -0.960. The maximum absolute atomic E-state index is 4.78. The zero-order valence-corrected chi connectivity index (χ0v) is 13.7. The van der Waals surface area contributed by atoms with Crippen LogP contribution >= 0.6 is 0 Å². The van der Waals surface area contributed by atoms with Gasteiger partial charge in [0, 0.05) is 23.9 Å². The second-order valence-corrected chi connectivity index (χ2v) is 6.75. The fourth-order valence-corrected chi connectivity index (χ4v) is 3.00. The van der Waals surface area contributed by atoms with E-state index in [0.717, 1.165) is 18.9 Å². The highest BCUT2D eigenvalue weighted by Gasteiger charge is 2.24. The molecule has 0 aliphatic heterocycles. The summed E-state index contributed by atoms with van der Waals surface area (Å²) in [5, 5.41) is 3.54. The van der Waals surface area contributed by atoms with Crippen LogP contribution < -0.4 is 5.32 Å². The van der Waals surface area contributed by atoms with Crippen LogP contribution in [0, 0.1) is 19.8 Å². The zero-order chi connectivity index (χ0) is 14.7. The number of hydrogen-bond acceptors (Lipinski definition) is 3. The van der Waals surface area contributed by atoms with Crippen LogP contribution in [-0.2, 0) is 0 Å². The molecule has 0 saturated heterocycles. The average Bonchev–Trinajstić information content (AvgIpc) is 2.24. The van der Waals surface area contributed by atoms with Gasteiger partial charge in [-0.25, -0.2) is 9.97 Å². The van der Waals surface area contributed by atoms with Gasteiger partial charge in [0.05, 0.1) is 0 Å². The Morgan fingerprint density at radius 3 is 2.10 bits per heavy atom. The van der Waals surface area contributed by atoms with Gasteiger partial charge in [-0.05, 0) is 50.6 Å². The first-order chi connectivity index (χ1) is 9.49. The first kappa shape index (κ1) is 15.4. The quantitative estimate of drug-likeness (QED) is 0.860. The molecule has 1 aromatic heterocycles. The lowest BCUT2D eigenvalue weighted by molar-refractivity contribution is 0.399. The fourth-order valence-electron chi connectivity index (χ4n) is 3.00. The Labute approximate surface area is 123 Å². The van der Waals surface area contributed by atoms with Crippen LogP contribution in [0.25, 0.3) is 0 Å². The fraction of sp³-hybridized carbons (Fsp3) is 0.765. The predicted molar refractivity (Wildman–Crippen MR) is 84.2 cm³/mol. The molecule has 1 aliphatic carbocycles. The van der Waals surface area contributed by atoms with Gasteiger partial charge in [0.2, 0.25) is 0 Å². The third kappa shape index (κ3) is 3.57. The van der Waals surface area contributed by atoms with Gasteiger partial charge in [0.25, 0.3) is 0 Å². The molecule has 1 N–H and O–H groups in total. The molecule has 1 heterocycles. The lowest BCUT2D eigenvalue weighted by Gasteiger charge is -2.26. The van der Waals surface area contributed by atoms with Gasteiger partial charge < -0.3 is 5.32 Å². The highest BCUT2D eigenvalue weighted by molar-refractivity contribution is 5.29. The maximum atomic E-state index is 4.78. The normalized spacial score (nSPS) is 17.3. The van der Waals surface area contributed by atoms with Crippen LogP contribution in [0.4, 0.5) is 0 Å². The second kappa shape index (κ2) is 6.66. The molecule has 112 valence electrons. The summed E-state index contributed by atoms with van der Waals surface area (Å²) >= 11 is 0. The minimum atomic E-state index is 0.476. The van der Waals surface area contributed by atoms with Crippen molar-refractivity contribution in [3.8, 4) is 0 Å². The topological polar surface area (TPSA) is 37.8 Å². The molecule has 1 unspecified atom stereocenters. The van der Waals surface area contributed by atoms with Crippen LogP contribution in [0.5, 0.6) is 0 Å². The second-order valence-electron chi connectivity index (χ2n) is 6.75. The SMILES string of the molecule is Cc1nc(C2CCC2)nc(C)c1C(C)CNCC(C)C. The number of aryl methyl sites for hydroxylation is 2. The third-order valence-corrected chi connectivity index (χ3v) is 4.31. The van der Waals surface area contributed by atoms with E-state index >= 15 is 0 Å². The van der Waals surface area contributed by atoms with Gasteiger partial charge in [0.1, 0.15) is 5.82 Å². The molecule has 0 radical (unpaired) electrons. The first-order valence-electron chi connectivity index (χ1n) is 8.04. The summed E-state index contributed by atoms with van der Waals surface area (Å²) in [6.45, 7) is 13.1. The van der Waals surface area contributed by atoms with Crippen molar-refractivity contribution in [2.24, 2.45) is 5.92 Å². The Balaban J connectivity index is 2.06. The molecule has 0 spiro atoms. The molecule has 0 aromatic carbocycles. The predicted octanol–water partition coefficient (Wildman–Crippen LogP) is 3.71. The standard InChI is InChI=1S/C17H29N3/c1-11(2)9-18-10-12(3)16-13(4)19-17(20-14(16)5)15-7-6-8-15/h11-12,15,18H,6-10H2,1-5H3. The van der Waals surface area contributed by atoms with Gasteiger partial charge in [-0.1, -0.05) is 27.2 Å². The Kier molecular flexibility index (Phi) is 5.14. The molecule has 1 atom stereocenters. The lowest BCUT2D eigenvalue weighted by atomic mass is 9.84. The van der Waals surface area contributed by atoms with Crippen molar-refractivity contribution in [1.29, 1.82) is 0 Å². The van der Waals surface area contributed by atoms with Crippen molar-refractivity contribution >= 4 is 0 Å². The average molecular weight is 275 g/mol. The smallest absolute Gasteiger partial charge is 0.131 e. The van der Waals surface area contributed by atoms with E-state index in [1.807, 2.05) is 0 Å². The van der Waals surface area contributed by atoms with Gasteiger partial charge >= 0.3 is 0 Å². The van der Waals surface area contributed by atoms with Gasteiger partial charge in [-0.2, -0.15) is 0 Å². The summed E-state index contributed by atoms with van der Waals surface area (Å²) in [4.78, 5) is 9.56. The van der Waals surface area contributed by atoms with Crippen LogP contribution in [0.15, 0.2) is 0 Å². The summed E-state index contributed by atoms with van der Waals surface area (Å²) in [6.07, 6.45) is 3.87. The molecule has 1 aromatic rings. The number of nitrogens with one attached hydrogen (secondary N) is 1. The van der Waals surface area contributed by atoms with E-state index < -0.39 is 0 Å². The summed E-state index contributed by atoms with van der Waals surface area (Å²) in [5.41, 5.74) is 3.70. The third-order valence-electron chi connectivity index (χ3n) is 4.31. The van der Waals surface area contributed by atoms with Crippen LogP contribution in [0.2, 0.25) is 0 Å². The lowest BCUT2D eigenvalue weighted by Crippen LogP contribution is -2.25. The first-order valence-corrected chi connectivity index (χ1v) is 8.04. The Morgan fingerprint density at radius 1 is 1.05 bits per heavy atom. The highest BCUT2D eigenvalue weighted by atomic mass is 14.9. The number of nitrogens with zero attached hydrogens (tertiary/aromatic N) is 2. The molecular formula is C17H29N3. The molecule has 3 nitrogen and oxygen atoms in total. The Morgan fingerprint density at radius 2 is 1.65 bits per heavy atom. The van der Waals surface area contributed by atoms with E-state index in [-0.39, 0.29) is 0 Å².